The van der Waals surface area contributed by atoms with Crippen LogP contribution in [-0.4, -0.2) is 35.1 Å². The topological polar surface area (TPSA) is 40.5 Å². The van der Waals surface area contributed by atoms with Gasteiger partial charge in [-0.3, -0.25) is 9.69 Å². The van der Waals surface area contributed by atoms with E-state index in [0.717, 1.165) is 25.9 Å². The number of aliphatic carboxylic acids is 1. The van der Waals surface area contributed by atoms with Gasteiger partial charge in [0.25, 0.3) is 0 Å². The van der Waals surface area contributed by atoms with E-state index in [0.29, 0.717) is 11.8 Å². The van der Waals surface area contributed by atoms with E-state index in [2.05, 4.69) is 11.8 Å². The van der Waals surface area contributed by atoms with E-state index in [1.807, 2.05) is 0 Å². The van der Waals surface area contributed by atoms with E-state index >= 15 is 0 Å². The summed E-state index contributed by atoms with van der Waals surface area (Å²) in [7, 11) is 0. The Balaban J connectivity index is 2.02. The quantitative estimate of drug-likeness (QED) is 0.801. The molecule has 1 heterocycles. The van der Waals surface area contributed by atoms with E-state index in [1.165, 1.54) is 25.7 Å². The first-order chi connectivity index (χ1) is 7.68. The van der Waals surface area contributed by atoms with Crippen molar-refractivity contribution in [2.75, 3.05) is 13.1 Å². The minimum atomic E-state index is -0.596. The summed E-state index contributed by atoms with van der Waals surface area (Å²) in [6.45, 7) is 4.23. The monoisotopic (exact) mass is 225 g/mol. The Morgan fingerprint density at radius 3 is 2.50 bits per heavy atom. The Hall–Kier alpha value is -0.570. The van der Waals surface area contributed by atoms with E-state index in [1.54, 1.807) is 0 Å². The molecule has 92 valence electrons. The van der Waals surface area contributed by atoms with Crippen molar-refractivity contribution in [3.63, 3.8) is 0 Å². The lowest BCUT2D eigenvalue weighted by atomic mass is 9.78. The largest absolute Gasteiger partial charge is 0.480 e. The van der Waals surface area contributed by atoms with Crippen LogP contribution in [0.2, 0.25) is 0 Å². The summed E-state index contributed by atoms with van der Waals surface area (Å²) in [5.74, 6) is 0.503. The summed E-state index contributed by atoms with van der Waals surface area (Å²) in [5, 5.41) is 9.43. The molecule has 0 aromatic heterocycles. The van der Waals surface area contributed by atoms with Crippen molar-refractivity contribution in [3.05, 3.63) is 0 Å². The van der Waals surface area contributed by atoms with Gasteiger partial charge in [-0.25, -0.2) is 0 Å². The fourth-order valence-electron chi connectivity index (χ4n) is 3.44. The minimum Gasteiger partial charge on any atom is -0.480 e. The number of hydrogen-bond donors (Lipinski definition) is 1. The number of likely N-dealkylation sites (tertiary alicyclic amines) is 1. The molecular weight excluding hydrogens is 202 g/mol. The third-order valence-electron chi connectivity index (χ3n) is 4.21. The Kier molecular flexibility index (Phi) is 3.85. The van der Waals surface area contributed by atoms with Crippen LogP contribution in [0.5, 0.6) is 0 Å². The standard InChI is InChI=1S/C13H23NO2/c1-10-5-4-6-11(9-10)12(13(15)16)14-7-2-3-8-14/h10-12H,2-9H2,1H3,(H,15,16). The third kappa shape index (κ3) is 2.57. The molecule has 3 atom stereocenters. The highest BCUT2D eigenvalue weighted by Gasteiger charge is 2.36. The number of hydrogen-bond acceptors (Lipinski definition) is 2. The predicted molar refractivity (Wildman–Crippen MR) is 63.4 cm³/mol. The summed E-state index contributed by atoms with van der Waals surface area (Å²) in [6.07, 6.45) is 7.05. The van der Waals surface area contributed by atoms with Gasteiger partial charge in [0.05, 0.1) is 0 Å². The van der Waals surface area contributed by atoms with Crippen LogP contribution in [0.1, 0.15) is 45.4 Å². The van der Waals surface area contributed by atoms with Gasteiger partial charge in [0.2, 0.25) is 0 Å². The lowest BCUT2D eigenvalue weighted by molar-refractivity contribution is -0.145. The molecule has 1 saturated carbocycles. The van der Waals surface area contributed by atoms with Crippen molar-refractivity contribution >= 4 is 5.97 Å². The summed E-state index contributed by atoms with van der Waals surface area (Å²) in [4.78, 5) is 13.7. The summed E-state index contributed by atoms with van der Waals surface area (Å²) < 4.78 is 0. The van der Waals surface area contributed by atoms with Gasteiger partial charge in [0.15, 0.2) is 0 Å². The molecule has 2 aliphatic rings. The number of carboxylic acids is 1. The molecule has 0 radical (unpaired) electrons. The molecule has 0 aromatic rings. The molecule has 0 bridgehead atoms. The predicted octanol–water partition coefficient (Wildman–Crippen LogP) is 2.36. The number of nitrogens with zero attached hydrogens (tertiary/aromatic N) is 1. The van der Waals surface area contributed by atoms with Crippen LogP contribution in [-0.2, 0) is 4.79 Å². The lowest BCUT2D eigenvalue weighted by Crippen LogP contribution is -2.46. The molecule has 2 rings (SSSR count). The summed E-state index contributed by atoms with van der Waals surface area (Å²) >= 11 is 0. The fourth-order valence-corrected chi connectivity index (χ4v) is 3.44. The number of carboxylic acid groups (broad SMARTS) is 1. The summed E-state index contributed by atoms with van der Waals surface area (Å²) in [5.41, 5.74) is 0. The van der Waals surface area contributed by atoms with Gasteiger partial charge in [0, 0.05) is 0 Å². The van der Waals surface area contributed by atoms with Crippen LogP contribution in [0.25, 0.3) is 0 Å². The average molecular weight is 225 g/mol. The Labute approximate surface area is 97.8 Å². The zero-order valence-corrected chi connectivity index (χ0v) is 10.2. The van der Waals surface area contributed by atoms with Crippen molar-refractivity contribution in [1.82, 2.24) is 4.90 Å². The van der Waals surface area contributed by atoms with Crippen LogP contribution < -0.4 is 0 Å². The molecule has 3 nitrogen and oxygen atoms in total. The SMILES string of the molecule is CC1CCCC(C(C(=O)O)N2CCCC2)C1. The third-order valence-corrected chi connectivity index (χ3v) is 4.21. The number of carbonyl (C=O) groups is 1. The second-order valence-corrected chi connectivity index (χ2v) is 5.56. The van der Waals surface area contributed by atoms with Gasteiger partial charge in [-0.2, -0.15) is 0 Å². The molecule has 1 aliphatic heterocycles. The van der Waals surface area contributed by atoms with Gasteiger partial charge in [-0.15, -0.1) is 0 Å². The molecule has 1 saturated heterocycles. The first-order valence-corrected chi connectivity index (χ1v) is 6.65. The minimum absolute atomic E-state index is 0.203. The molecular formula is C13H23NO2. The zero-order valence-electron chi connectivity index (χ0n) is 10.2. The van der Waals surface area contributed by atoms with Gasteiger partial charge in [0.1, 0.15) is 6.04 Å². The van der Waals surface area contributed by atoms with Gasteiger partial charge in [-0.1, -0.05) is 19.8 Å². The first-order valence-electron chi connectivity index (χ1n) is 6.65. The van der Waals surface area contributed by atoms with Crippen LogP contribution in [0.4, 0.5) is 0 Å². The maximum Gasteiger partial charge on any atom is 0.321 e. The normalized spacial score (nSPS) is 33.8. The first kappa shape index (κ1) is 11.9. The van der Waals surface area contributed by atoms with Crippen LogP contribution in [0.3, 0.4) is 0 Å². The van der Waals surface area contributed by atoms with Gasteiger partial charge in [-0.05, 0) is 50.6 Å². The zero-order chi connectivity index (χ0) is 11.5. The second kappa shape index (κ2) is 5.17. The van der Waals surface area contributed by atoms with Gasteiger partial charge < -0.3 is 5.11 Å². The average Bonchev–Trinajstić information content (AvgIpc) is 2.71. The van der Waals surface area contributed by atoms with Crippen LogP contribution in [0.15, 0.2) is 0 Å². The van der Waals surface area contributed by atoms with Crippen molar-refractivity contribution in [3.8, 4) is 0 Å². The van der Waals surface area contributed by atoms with E-state index in [-0.39, 0.29) is 6.04 Å². The Morgan fingerprint density at radius 2 is 1.94 bits per heavy atom. The van der Waals surface area contributed by atoms with Crippen molar-refractivity contribution in [2.24, 2.45) is 11.8 Å². The molecule has 0 aromatic carbocycles. The Morgan fingerprint density at radius 1 is 1.25 bits per heavy atom. The van der Waals surface area contributed by atoms with E-state index < -0.39 is 5.97 Å². The van der Waals surface area contributed by atoms with Crippen molar-refractivity contribution in [2.45, 2.75) is 51.5 Å². The molecule has 3 heteroatoms. The highest BCUT2D eigenvalue weighted by Crippen LogP contribution is 2.33. The molecule has 3 unspecified atom stereocenters. The van der Waals surface area contributed by atoms with Crippen molar-refractivity contribution in [1.29, 1.82) is 0 Å². The number of rotatable bonds is 3. The lowest BCUT2D eigenvalue weighted by Gasteiger charge is -2.35. The highest BCUT2D eigenvalue weighted by atomic mass is 16.4. The molecule has 0 amide bonds. The van der Waals surface area contributed by atoms with Gasteiger partial charge >= 0.3 is 5.97 Å². The molecule has 2 fully saturated rings. The fraction of sp³-hybridized carbons (Fsp3) is 0.923. The van der Waals surface area contributed by atoms with Crippen LogP contribution >= 0.6 is 0 Å². The van der Waals surface area contributed by atoms with E-state index in [9.17, 15) is 9.90 Å². The second-order valence-electron chi connectivity index (χ2n) is 5.56. The highest BCUT2D eigenvalue weighted by molar-refractivity contribution is 5.74. The molecule has 1 N–H and O–H groups in total. The Bertz CT molecular complexity index is 248. The maximum atomic E-state index is 11.5. The van der Waals surface area contributed by atoms with Crippen LogP contribution in [0, 0.1) is 11.8 Å². The molecule has 1 aliphatic carbocycles. The smallest absolute Gasteiger partial charge is 0.321 e. The molecule has 16 heavy (non-hydrogen) atoms. The maximum absolute atomic E-state index is 11.5. The molecule has 0 spiro atoms. The summed E-state index contributed by atoms with van der Waals surface area (Å²) in [6, 6.07) is -0.203. The van der Waals surface area contributed by atoms with Crippen molar-refractivity contribution < 1.29 is 9.90 Å². The van der Waals surface area contributed by atoms with E-state index in [4.69, 9.17) is 0 Å².